The maximum Gasteiger partial charge on any atom is 0.130 e. The van der Waals surface area contributed by atoms with E-state index in [1.54, 1.807) is 6.92 Å². The molecule has 0 bridgehead atoms. The van der Waals surface area contributed by atoms with E-state index in [1.165, 1.54) is 38.9 Å². The summed E-state index contributed by atoms with van der Waals surface area (Å²) >= 11 is 0. The molecule has 4 rings (SSSR count). The number of ether oxygens (including phenoxy) is 1. The number of hydrogen-bond acceptors (Lipinski definition) is 2. The molecule has 1 heterocycles. The fraction of sp³-hybridized carbons (Fsp3) is 0.321. The molecule has 0 spiro atoms. The topological polar surface area (TPSA) is 26.3 Å². The van der Waals surface area contributed by atoms with E-state index >= 15 is 0 Å². The van der Waals surface area contributed by atoms with E-state index in [0.717, 1.165) is 31.4 Å². The predicted molar refractivity (Wildman–Crippen MR) is 123 cm³/mol. The lowest BCUT2D eigenvalue weighted by molar-refractivity contribution is -0.116. The Morgan fingerprint density at radius 3 is 2.53 bits per heavy atom. The van der Waals surface area contributed by atoms with Gasteiger partial charge in [-0.05, 0) is 97.5 Å². The van der Waals surface area contributed by atoms with Crippen molar-refractivity contribution < 1.29 is 9.53 Å². The summed E-state index contributed by atoms with van der Waals surface area (Å²) in [5.74, 6) is 1.23. The molecular weight excluding hydrogens is 368 g/mol. The molecule has 0 aliphatic carbocycles. The van der Waals surface area contributed by atoms with Crippen molar-refractivity contribution in [3.63, 3.8) is 0 Å². The van der Waals surface area contributed by atoms with Gasteiger partial charge in [-0.3, -0.25) is 0 Å². The Bertz CT molecular complexity index is 1040. The first-order valence-corrected chi connectivity index (χ1v) is 11.0. The summed E-state index contributed by atoms with van der Waals surface area (Å²) in [6, 6.07) is 21.7. The molecular formula is C28H30O2. The molecule has 1 unspecified atom stereocenters. The highest BCUT2D eigenvalue weighted by atomic mass is 16.5. The van der Waals surface area contributed by atoms with Crippen LogP contribution in [0.2, 0.25) is 0 Å². The molecule has 1 aliphatic heterocycles. The van der Waals surface area contributed by atoms with Crippen LogP contribution in [-0.2, 0) is 17.6 Å². The second-order valence-electron chi connectivity index (χ2n) is 8.54. The monoisotopic (exact) mass is 398 g/mol. The number of rotatable bonds is 5. The van der Waals surface area contributed by atoms with Crippen molar-refractivity contribution in [1.29, 1.82) is 0 Å². The third kappa shape index (κ3) is 4.48. The second-order valence-corrected chi connectivity index (χ2v) is 8.54. The lowest BCUT2D eigenvalue weighted by atomic mass is 9.93. The summed E-state index contributed by atoms with van der Waals surface area (Å²) < 4.78 is 6.51. The largest absolute Gasteiger partial charge is 0.485 e. The molecule has 2 heteroatoms. The number of ketones is 1. The molecule has 0 saturated heterocycles. The second kappa shape index (κ2) is 8.87. The van der Waals surface area contributed by atoms with Crippen LogP contribution in [0, 0.1) is 13.8 Å². The van der Waals surface area contributed by atoms with Crippen molar-refractivity contribution in [3.8, 4) is 16.9 Å². The highest BCUT2D eigenvalue weighted by Gasteiger charge is 2.20. The van der Waals surface area contributed by atoms with Gasteiger partial charge < -0.3 is 9.53 Å². The summed E-state index contributed by atoms with van der Waals surface area (Å²) in [6.07, 6.45) is 4.61. The smallest absolute Gasteiger partial charge is 0.130 e. The first-order chi connectivity index (χ1) is 14.5. The minimum Gasteiger partial charge on any atom is -0.485 e. The van der Waals surface area contributed by atoms with Crippen LogP contribution in [0.1, 0.15) is 60.1 Å². The Kier molecular flexibility index (Phi) is 6.03. The van der Waals surface area contributed by atoms with Crippen LogP contribution < -0.4 is 4.74 Å². The van der Waals surface area contributed by atoms with Crippen molar-refractivity contribution in [3.05, 3.63) is 88.5 Å². The summed E-state index contributed by atoms with van der Waals surface area (Å²) in [5.41, 5.74) is 8.92. The Hall–Kier alpha value is -2.87. The molecule has 154 valence electrons. The molecule has 1 aliphatic rings. The number of aryl methyl sites for hydroxylation is 4. The quantitative estimate of drug-likeness (QED) is 0.465. The van der Waals surface area contributed by atoms with Crippen molar-refractivity contribution in [2.45, 2.75) is 59.0 Å². The van der Waals surface area contributed by atoms with Crippen LogP contribution >= 0.6 is 0 Å². The molecule has 0 fully saturated rings. The fourth-order valence-corrected chi connectivity index (χ4v) is 4.51. The fourth-order valence-electron chi connectivity index (χ4n) is 4.51. The molecule has 0 aromatic heterocycles. The molecule has 0 saturated carbocycles. The van der Waals surface area contributed by atoms with Gasteiger partial charge in [-0.25, -0.2) is 0 Å². The molecule has 0 amide bonds. The van der Waals surface area contributed by atoms with E-state index in [9.17, 15) is 4.79 Å². The zero-order chi connectivity index (χ0) is 21.1. The van der Waals surface area contributed by atoms with Gasteiger partial charge in [0.15, 0.2) is 0 Å². The maximum absolute atomic E-state index is 11.3. The summed E-state index contributed by atoms with van der Waals surface area (Å²) in [4.78, 5) is 11.3. The van der Waals surface area contributed by atoms with Crippen LogP contribution in [-0.4, -0.2) is 5.78 Å². The van der Waals surface area contributed by atoms with Crippen molar-refractivity contribution >= 4 is 5.78 Å². The first kappa shape index (κ1) is 20.4. The molecule has 2 nitrogen and oxygen atoms in total. The van der Waals surface area contributed by atoms with Gasteiger partial charge in [-0.1, -0.05) is 48.5 Å². The van der Waals surface area contributed by atoms with Crippen LogP contribution in [0.3, 0.4) is 0 Å². The Balaban J connectivity index is 1.59. The van der Waals surface area contributed by atoms with Crippen LogP contribution in [0.15, 0.2) is 60.7 Å². The van der Waals surface area contributed by atoms with Gasteiger partial charge in [0.2, 0.25) is 0 Å². The lowest BCUT2D eigenvalue weighted by Crippen LogP contribution is -2.07. The van der Waals surface area contributed by atoms with Gasteiger partial charge in [0, 0.05) is 6.42 Å². The SMILES string of the molecule is CC(=O)CCc1ccc2c(c1)CCCC(c1cccc(-c3c(C)cccc3C)c1)O2. The van der Waals surface area contributed by atoms with Crippen LogP contribution in [0.25, 0.3) is 11.1 Å². The van der Waals surface area contributed by atoms with Gasteiger partial charge in [-0.2, -0.15) is 0 Å². The Morgan fingerprint density at radius 1 is 1.00 bits per heavy atom. The Morgan fingerprint density at radius 2 is 1.77 bits per heavy atom. The molecule has 0 radical (unpaired) electrons. The molecule has 30 heavy (non-hydrogen) atoms. The number of benzene rings is 3. The Labute approximate surface area is 179 Å². The number of Topliss-reactive ketones (excluding diaryl/α,β-unsaturated/α-hetero) is 1. The highest BCUT2D eigenvalue weighted by Crippen LogP contribution is 2.36. The molecule has 3 aromatic carbocycles. The number of carbonyl (C=O) groups excluding carboxylic acids is 1. The van der Waals surface area contributed by atoms with Crippen molar-refractivity contribution in [2.75, 3.05) is 0 Å². The number of fused-ring (bicyclic) bond motifs is 1. The summed E-state index contributed by atoms with van der Waals surface area (Å²) in [5, 5.41) is 0. The van der Waals surface area contributed by atoms with E-state index in [-0.39, 0.29) is 11.9 Å². The van der Waals surface area contributed by atoms with Crippen molar-refractivity contribution in [1.82, 2.24) is 0 Å². The number of hydrogen-bond donors (Lipinski definition) is 0. The van der Waals surface area contributed by atoms with Gasteiger partial charge >= 0.3 is 0 Å². The average Bonchev–Trinajstić information content (AvgIpc) is 2.94. The van der Waals surface area contributed by atoms with E-state index in [0.29, 0.717) is 6.42 Å². The van der Waals surface area contributed by atoms with E-state index in [4.69, 9.17) is 4.74 Å². The van der Waals surface area contributed by atoms with Crippen molar-refractivity contribution in [2.24, 2.45) is 0 Å². The van der Waals surface area contributed by atoms with E-state index in [2.05, 4.69) is 74.5 Å². The van der Waals surface area contributed by atoms with Crippen LogP contribution in [0.4, 0.5) is 0 Å². The zero-order valence-electron chi connectivity index (χ0n) is 18.2. The third-order valence-corrected chi connectivity index (χ3v) is 6.10. The highest BCUT2D eigenvalue weighted by molar-refractivity contribution is 5.75. The van der Waals surface area contributed by atoms with E-state index < -0.39 is 0 Å². The van der Waals surface area contributed by atoms with E-state index in [1.807, 2.05) is 0 Å². The zero-order valence-corrected chi connectivity index (χ0v) is 18.2. The molecule has 1 atom stereocenters. The van der Waals surface area contributed by atoms with Crippen LogP contribution in [0.5, 0.6) is 5.75 Å². The van der Waals surface area contributed by atoms with Gasteiger partial charge in [-0.15, -0.1) is 0 Å². The third-order valence-electron chi connectivity index (χ3n) is 6.10. The average molecular weight is 399 g/mol. The summed E-state index contributed by atoms with van der Waals surface area (Å²) in [6.45, 7) is 6.01. The maximum atomic E-state index is 11.3. The molecule has 0 N–H and O–H groups in total. The minimum atomic E-state index is 0.0681. The minimum absolute atomic E-state index is 0.0681. The first-order valence-electron chi connectivity index (χ1n) is 11.0. The standard InChI is InChI=1S/C28H30O2/c1-19-7-4-8-20(2)28(19)25-11-5-9-24(18-25)26-12-6-10-23-17-22(14-13-21(3)29)15-16-27(23)30-26/h4-5,7-9,11,15-18,26H,6,10,12-14H2,1-3H3. The number of carbonyl (C=O) groups is 1. The van der Waals surface area contributed by atoms with Gasteiger partial charge in [0.1, 0.15) is 17.6 Å². The lowest BCUT2D eigenvalue weighted by Gasteiger charge is -2.20. The predicted octanol–water partition coefficient (Wildman–Crippen LogP) is 6.95. The molecule has 3 aromatic rings. The van der Waals surface area contributed by atoms with Gasteiger partial charge in [0.25, 0.3) is 0 Å². The normalized spacial score (nSPS) is 15.8. The van der Waals surface area contributed by atoms with Gasteiger partial charge in [0.05, 0.1) is 0 Å². The summed E-state index contributed by atoms with van der Waals surface area (Å²) in [7, 11) is 0.